The summed E-state index contributed by atoms with van der Waals surface area (Å²) < 4.78 is 16.6. The third-order valence-corrected chi connectivity index (χ3v) is 4.48. The Morgan fingerprint density at radius 2 is 1.35 bits per heavy atom. The second-order valence-electron chi connectivity index (χ2n) is 5.22. The monoisotopic (exact) mass is 222 g/mol. The van der Waals surface area contributed by atoms with E-state index in [4.69, 9.17) is 2.74 Å². The van der Waals surface area contributed by atoms with Crippen molar-refractivity contribution in [3.05, 3.63) is 70.7 Å². The molecule has 0 fully saturated rings. The van der Waals surface area contributed by atoms with Gasteiger partial charge in [0.2, 0.25) is 0 Å². The highest BCUT2D eigenvalue weighted by atomic mass is 14.5. The minimum Gasteiger partial charge on any atom is -0.0620 e. The quantitative estimate of drug-likeness (QED) is 0.635. The van der Waals surface area contributed by atoms with E-state index in [1.54, 1.807) is 0 Å². The Hall–Kier alpha value is -1.56. The zero-order valence-corrected chi connectivity index (χ0v) is 9.79. The average Bonchev–Trinajstić information content (AvgIpc) is 2.96. The van der Waals surface area contributed by atoms with Crippen molar-refractivity contribution in [1.29, 1.82) is 0 Å². The maximum atomic E-state index is 8.29. The van der Waals surface area contributed by atoms with Crippen LogP contribution in [-0.4, -0.2) is 0 Å². The number of aryl methyl sites for hydroxylation is 2. The molecule has 0 heterocycles. The first kappa shape index (κ1) is 7.71. The molecule has 0 saturated heterocycles. The molecule has 2 aromatic rings. The Morgan fingerprint density at radius 1 is 0.824 bits per heavy atom. The lowest BCUT2D eigenvalue weighted by atomic mass is 9.77. The van der Waals surface area contributed by atoms with Gasteiger partial charge < -0.3 is 0 Å². The van der Waals surface area contributed by atoms with Crippen LogP contribution in [-0.2, 0) is 18.3 Å². The van der Waals surface area contributed by atoms with Crippen molar-refractivity contribution in [3.63, 3.8) is 0 Å². The summed E-state index contributed by atoms with van der Waals surface area (Å²) in [4.78, 5) is 0. The summed E-state index contributed by atoms with van der Waals surface area (Å²) in [5, 5.41) is 0. The van der Waals surface area contributed by atoms with Gasteiger partial charge >= 0.3 is 0 Å². The first-order chi connectivity index (χ1) is 9.22. The van der Waals surface area contributed by atoms with Crippen molar-refractivity contribution in [2.45, 2.75) is 31.1 Å². The van der Waals surface area contributed by atoms with Gasteiger partial charge in [0.15, 0.2) is 0 Å². The molecule has 0 saturated carbocycles. The summed E-state index contributed by atoms with van der Waals surface area (Å²) in [7, 11) is 0. The molecular formula is C17H16. The van der Waals surface area contributed by atoms with Gasteiger partial charge in [-0.2, -0.15) is 0 Å². The normalized spacial score (nSPS) is 20.9. The summed E-state index contributed by atoms with van der Waals surface area (Å²) in [5.74, 6) is 0. The third-order valence-electron chi connectivity index (χ3n) is 4.48. The summed E-state index contributed by atoms with van der Waals surface area (Å²) in [6.07, 6.45) is 4.24. The minimum absolute atomic E-state index is 0.0403. The van der Waals surface area contributed by atoms with E-state index in [1.807, 2.05) is 24.3 Å². The molecule has 0 aromatic heterocycles. The smallest absolute Gasteiger partial charge is 0.0620 e. The molecule has 0 heteroatoms. The zero-order chi connectivity index (χ0) is 13.0. The molecule has 2 aromatic carbocycles. The van der Waals surface area contributed by atoms with Gasteiger partial charge in [-0.05, 0) is 47.9 Å². The zero-order valence-electron chi connectivity index (χ0n) is 11.8. The van der Waals surface area contributed by atoms with E-state index in [1.165, 1.54) is 22.3 Å². The highest BCUT2D eigenvalue weighted by Gasteiger charge is 2.43. The van der Waals surface area contributed by atoms with Crippen molar-refractivity contribution < 1.29 is 2.74 Å². The van der Waals surface area contributed by atoms with Crippen molar-refractivity contribution in [3.8, 4) is 0 Å². The molecule has 0 nitrogen and oxygen atoms in total. The summed E-state index contributed by atoms with van der Waals surface area (Å²) in [6, 6.07) is 13.4. The molecule has 0 aliphatic heterocycles. The van der Waals surface area contributed by atoms with Gasteiger partial charge in [0.05, 0.1) is 2.74 Å². The van der Waals surface area contributed by atoms with Crippen LogP contribution in [0.15, 0.2) is 48.5 Å². The highest BCUT2D eigenvalue weighted by molar-refractivity contribution is 5.53. The van der Waals surface area contributed by atoms with Gasteiger partial charge in [0, 0.05) is 5.41 Å². The van der Waals surface area contributed by atoms with Crippen molar-refractivity contribution in [1.82, 2.24) is 0 Å². The van der Waals surface area contributed by atoms with Gasteiger partial charge in [-0.25, -0.2) is 0 Å². The fourth-order valence-electron chi connectivity index (χ4n) is 3.70. The number of fused-ring (bicyclic) bond motifs is 4. The Bertz CT molecular complexity index is 613. The van der Waals surface area contributed by atoms with Crippen LogP contribution in [0.4, 0.5) is 0 Å². The molecule has 0 bridgehead atoms. The van der Waals surface area contributed by atoms with Crippen LogP contribution in [0.5, 0.6) is 0 Å². The molecule has 84 valence electrons. The fraction of sp³-hybridized carbons (Fsp3) is 0.294. The van der Waals surface area contributed by atoms with E-state index in [0.29, 0.717) is 12.1 Å². The van der Waals surface area contributed by atoms with Crippen LogP contribution in [0.3, 0.4) is 0 Å². The number of benzene rings is 2. The summed E-state index contributed by atoms with van der Waals surface area (Å²) in [6.45, 7) is 0. The molecular weight excluding hydrogens is 204 g/mol. The second kappa shape index (κ2) is 3.22. The largest absolute Gasteiger partial charge is 0.0626 e. The fourth-order valence-corrected chi connectivity index (χ4v) is 3.70. The standard InChI is InChI=1S/C17H16/c1-3-7-15-13(5-1)9-11-17(15)12-10-14-6-2-4-8-16(14)17/h1-8H,9-12H2/i7D,8D. The van der Waals surface area contributed by atoms with E-state index in [0.717, 1.165) is 25.7 Å². The first-order valence-corrected chi connectivity index (χ1v) is 6.40. The maximum absolute atomic E-state index is 8.29. The Balaban J connectivity index is 2.03. The molecule has 0 atom stereocenters. The predicted molar refractivity (Wildman–Crippen MR) is 70.3 cm³/mol. The lowest BCUT2D eigenvalue weighted by Crippen LogP contribution is -2.20. The highest BCUT2D eigenvalue weighted by Crippen LogP contribution is 2.51. The third kappa shape index (κ3) is 1.13. The van der Waals surface area contributed by atoms with Gasteiger partial charge in [-0.3, -0.25) is 0 Å². The molecule has 1 spiro atoms. The number of hydrogen-bond acceptors (Lipinski definition) is 0. The van der Waals surface area contributed by atoms with Crippen LogP contribution in [0.25, 0.3) is 0 Å². The lowest BCUT2D eigenvalue weighted by molar-refractivity contribution is 0.507. The van der Waals surface area contributed by atoms with E-state index in [9.17, 15) is 0 Å². The van der Waals surface area contributed by atoms with E-state index in [-0.39, 0.29) is 5.41 Å². The van der Waals surface area contributed by atoms with E-state index < -0.39 is 0 Å². The minimum atomic E-state index is -0.0403. The van der Waals surface area contributed by atoms with Crippen molar-refractivity contribution >= 4 is 0 Å². The van der Waals surface area contributed by atoms with Crippen LogP contribution in [0.1, 0.15) is 37.8 Å². The van der Waals surface area contributed by atoms with E-state index in [2.05, 4.69) is 12.1 Å². The Kier molecular flexibility index (Phi) is 1.46. The van der Waals surface area contributed by atoms with Gasteiger partial charge in [-0.15, -0.1) is 0 Å². The van der Waals surface area contributed by atoms with Crippen LogP contribution in [0.2, 0.25) is 0 Å². The molecule has 4 rings (SSSR count). The molecule has 0 amide bonds. The average molecular weight is 222 g/mol. The molecule has 0 unspecified atom stereocenters. The summed E-state index contributed by atoms with van der Waals surface area (Å²) >= 11 is 0. The van der Waals surface area contributed by atoms with Crippen LogP contribution >= 0.6 is 0 Å². The van der Waals surface area contributed by atoms with Crippen LogP contribution < -0.4 is 0 Å². The lowest BCUT2D eigenvalue weighted by Gasteiger charge is -2.26. The molecule has 2 aliphatic carbocycles. The molecule has 0 N–H and O–H groups in total. The van der Waals surface area contributed by atoms with Crippen molar-refractivity contribution in [2.24, 2.45) is 0 Å². The van der Waals surface area contributed by atoms with Gasteiger partial charge in [0.25, 0.3) is 0 Å². The first-order valence-electron chi connectivity index (χ1n) is 7.40. The molecule has 0 radical (unpaired) electrons. The number of rotatable bonds is 0. The summed E-state index contributed by atoms with van der Waals surface area (Å²) in [5.41, 5.74) is 5.01. The topological polar surface area (TPSA) is 0 Å². The van der Waals surface area contributed by atoms with Gasteiger partial charge in [0.1, 0.15) is 0 Å². The Morgan fingerprint density at radius 3 is 1.88 bits per heavy atom. The second-order valence-corrected chi connectivity index (χ2v) is 5.22. The molecule has 2 aliphatic rings. The maximum Gasteiger partial charge on any atom is 0.0626 e. The van der Waals surface area contributed by atoms with Crippen molar-refractivity contribution in [2.75, 3.05) is 0 Å². The molecule has 17 heavy (non-hydrogen) atoms. The van der Waals surface area contributed by atoms with Crippen LogP contribution in [0, 0.1) is 0 Å². The SMILES string of the molecule is [2H]c1cccc2c1C1(CC2)CCc2cccc([2H])c21. The predicted octanol–water partition coefficient (Wildman–Crippen LogP) is 3.87. The number of hydrogen-bond donors (Lipinski definition) is 0. The van der Waals surface area contributed by atoms with Gasteiger partial charge in [-0.1, -0.05) is 48.5 Å². The van der Waals surface area contributed by atoms with E-state index >= 15 is 0 Å². The Labute approximate surface area is 105 Å².